The van der Waals surface area contributed by atoms with Crippen molar-refractivity contribution in [2.45, 2.75) is 18.8 Å². The van der Waals surface area contributed by atoms with E-state index in [0.717, 1.165) is 15.9 Å². The number of hydrogen-bond donors (Lipinski definition) is 3. The van der Waals surface area contributed by atoms with Crippen LogP contribution in [0.5, 0.6) is 0 Å². The molecule has 0 aliphatic carbocycles. The van der Waals surface area contributed by atoms with Crippen LogP contribution in [0.15, 0.2) is 91.0 Å². The minimum Gasteiger partial charge on any atom is -1.00 e. The van der Waals surface area contributed by atoms with E-state index in [1.807, 2.05) is 61.5 Å². The van der Waals surface area contributed by atoms with E-state index in [4.69, 9.17) is 10.5 Å². The Morgan fingerprint density at radius 3 is 1.64 bits per heavy atom. The van der Waals surface area contributed by atoms with E-state index in [1.54, 1.807) is 0 Å². The van der Waals surface area contributed by atoms with Gasteiger partial charge in [0.25, 0.3) is 0 Å². The number of ether oxygens (including phenoxy) is 1. The summed E-state index contributed by atoms with van der Waals surface area (Å²) in [4.78, 5) is 24.7. The Bertz CT molecular complexity index is 929. The number of rotatable bonds is 9. The maximum absolute atomic E-state index is 12.7. The molecule has 3 rings (SSSR count). The molecule has 1 amide bonds. The summed E-state index contributed by atoms with van der Waals surface area (Å²) >= 11 is 4.02. The molecular weight excluding hydrogens is 519 g/mol. The number of nitrogens with two attached hydrogens (primary N) is 1. The van der Waals surface area contributed by atoms with Gasteiger partial charge in [0.2, 0.25) is 11.8 Å². The lowest BCUT2D eigenvalue weighted by Gasteiger charge is -2.32. The largest absolute Gasteiger partial charge is 1.00 e. The molecule has 1 unspecified atom stereocenters. The summed E-state index contributed by atoms with van der Waals surface area (Å²) in [6.07, 6.45) is 0. The molecule has 2 atom stereocenters. The second-order valence-corrected chi connectivity index (χ2v) is 11.4. The topological polar surface area (TPSA) is 81.4 Å². The highest BCUT2D eigenvalue weighted by Crippen LogP contribution is 2.59. The summed E-state index contributed by atoms with van der Waals surface area (Å²) in [7, 11) is -2.36. The molecule has 0 aliphatic heterocycles. The Morgan fingerprint density at radius 1 is 0.879 bits per heavy atom. The zero-order chi connectivity index (χ0) is 23.0. The molecule has 0 bridgehead atoms. The molecule has 0 aromatic heterocycles. The molecule has 3 N–H and O–H groups in total. The van der Waals surface area contributed by atoms with E-state index in [9.17, 15) is 9.59 Å². The normalized spacial score (nSPS) is 12.7. The SMILES string of the molecule is CC(OC(=O)CNC(=O)[C@@H](N)CS)[P+](c1ccccc1)(c1ccccc1)c1ccccc1.[Br-]. The summed E-state index contributed by atoms with van der Waals surface area (Å²) in [5.74, 6) is -1.20. The maximum atomic E-state index is 12.7. The van der Waals surface area contributed by atoms with Crippen LogP contribution in [0.25, 0.3) is 0 Å². The lowest BCUT2D eigenvalue weighted by molar-refractivity contribution is -0.145. The zero-order valence-electron chi connectivity index (χ0n) is 18.3. The number of carbonyl (C=O) groups is 2. The summed E-state index contributed by atoms with van der Waals surface area (Å²) < 4.78 is 5.98. The minimum absolute atomic E-state index is 0. The third-order valence-electron chi connectivity index (χ3n) is 5.28. The molecule has 3 aromatic rings. The van der Waals surface area contributed by atoms with Crippen LogP contribution >= 0.6 is 19.9 Å². The third-order valence-corrected chi connectivity index (χ3v) is 10.2. The predicted molar refractivity (Wildman–Crippen MR) is 136 cm³/mol. The first-order valence-corrected chi connectivity index (χ1v) is 12.9. The van der Waals surface area contributed by atoms with Crippen LogP contribution in [-0.2, 0) is 14.3 Å². The zero-order valence-corrected chi connectivity index (χ0v) is 21.7. The molecule has 0 radical (unpaired) electrons. The van der Waals surface area contributed by atoms with Crippen LogP contribution < -0.4 is 43.9 Å². The van der Waals surface area contributed by atoms with Gasteiger partial charge in [-0.05, 0) is 36.4 Å². The fourth-order valence-electron chi connectivity index (χ4n) is 3.75. The number of hydrogen-bond acceptors (Lipinski definition) is 5. The molecule has 3 aromatic carbocycles. The van der Waals surface area contributed by atoms with Crippen molar-refractivity contribution < 1.29 is 31.3 Å². The van der Waals surface area contributed by atoms with Crippen molar-refractivity contribution in [1.82, 2.24) is 5.32 Å². The number of benzene rings is 3. The Morgan fingerprint density at radius 2 is 1.27 bits per heavy atom. The monoisotopic (exact) mass is 546 g/mol. The van der Waals surface area contributed by atoms with E-state index < -0.39 is 31.0 Å². The van der Waals surface area contributed by atoms with Gasteiger partial charge >= 0.3 is 5.97 Å². The summed E-state index contributed by atoms with van der Waals surface area (Å²) in [6, 6.07) is 29.7. The standard InChI is InChI=1S/C25H27N2O3PS.BrH/c1-19(30-24(28)17-27-25(29)23(26)18-32)31(20-11-5-2-6-12-20,21-13-7-3-8-14-21)22-15-9-4-10-16-22;/h2-16,19,23H,17-18,26H2,1H3,(H-,27,29,32);1H/t19?,23-;/m0./s1. The Balaban J connectivity index is 0.00000385. The highest BCUT2D eigenvalue weighted by Gasteiger charge is 2.52. The first kappa shape index (κ1) is 27.1. The van der Waals surface area contributed by atoms with Crippen molar-refractivity contribution in [3.63, 3.8) is 0 Å². The molecule has 0 spiro atoms. The first-order chi connectivity index (χ1) is 15.5. The molecule has 0 fully saturated rings. The van der Waals surface area contributed by atoms with Crippen molar-refractivity contribution in [3.8, 4) is 0 Å². The Labute approximate surface area is 211 Å². The molecule has 0 aliphatic rings. The molecule has 174 valence electrons. The van der Waals surface area contributed by atoms with Gasteiger partial charge < -0.3 is 32.8 Å². The summed E-state index contributed by atoms with van der Waals surface area (Å²) in [5, 5.41) is 5.86. The van der Waals surface area contributed by atoms with E-state index in [-0.39, 0.29) is 29.3 Å². The van der Waals surface area contributed by atoms with Crippen molar-refractivity contribution in [3.05, 3.63) is 91.0 Å². The van der Waals surface area contributed by atoms with Gasteiger partial charge in [0.15, 0.2) is 7.26 Å². The van der Waals surface area contributed by atoms with Gasteiger partial charge in [0, 0.05) is 12.7 Å². The molecule has 0 saturated carbocycles. The average molecular weight is 547 g/mol. The quantitative estimate of drug-likeness (QED) is 0.187. The van der Waals surface area contributed by atoms with Crippen LogP contribution in [0.1, 0.15) is 6.92 Å². The van der Waals surface area contributed by atoms with Crippen LogP contribution in [0.2, 0.25) is 0 Å². The van der Waals surface area contributed by atoms with Gasteiger partial charge in [-0.3, -0.25) is 9.59 Å². The highest BCUT2D eigenvalue weighted by molar-refractivity contribution is 7.96. The fourth-order valence-corrected chi connectivity index (χ4v) is 8.27. The van der Waals surface area contributed by atoms with Crippen molar-refractivity contribution in [2.24, 2.45) is 5.73 Å². The number of amides is 1. The van der Waals surface area contributed by atoms with Crippen LogP contribution in [0, 0.1) is 0 Å². The average Bonchev–Trinajstić information content (AvgIpc) is 2.84. The van der Waals surface area contributed by atoms with E-state index in [2.05, 4.69) is 54.3 Å². The van der Waals surface area contributed by atoms with E-state index >= 15 is 0 Å². The summed E-state index contributed by atoms with van der Waals surface area (Å²) in [5.41, 5.74) is 5.67. The first-order valence-electron chi connectivity index (χ1n) is 10.4. The van der Waals surface area contributed by atoms with Gasteiger partial charge in [-0.25, -0.2) is 0 Å². The number of carbonyl (C=O) groups excluding carboxylic acids is 2. The lowest BCUT2D eigenvalue weighted by atomic mass is 10.3. The van der Waals surface area contributed by atoms with Crippen LogP contribution in [0.4, 0.5) is 0 Å². The molecule has 5 nitrogen and oxygen atoms in total. The van der Waals surface area contributed by atoms with Gasteiger partial charge in [-0.1, -0.05) is 54.6 Å². The van der Waals surface area contributed by atoms with Crippen molar-refractivity contribution in [1.29, 1.82) is 0 Å². The highest BCUT2D eigenvalue weighted by atomic mass is 79.9. The molecular formula is C25H28BrN2O3PS. The predicted octanol–water partition coefficient (Wildman–Crippen LogP) is -0.753. The number of esters is 1. The minimum atomic E-state index is -2.36. The van der Waals surface area contributed by atoms with Gasteiger partial charge in [0.05, 0.1) is 6.04 Å². The molecule has 8 heteroatoms. The smallest absolute Gasteiger partial charge is 0.328 e. The number of thiol groups is 1. The lowest BCUT2D eigenvalue weighted by Crippen LogP contribution is -3.00. The number of nitrogens with one attached hydrogen (secondary N) is 1. The van der Waals surface area contributed by atoms with Gasteiger partial charge in [-0.15, -0.1) is 0 Å². The Hall–Kier alpha value is -2.18. The molecule has 0 heterocycles. The maximum Gasteiger partial charge on any atom is 0.328 e. The Kier molecular flexibility index (Phi) is 10.6. The van der Waals surface area contributed by atoms with Crippen molar-refractivity contribution >= 4 is 47.7 Å². The van der Waals surface area contributed by atoms with Crippen LogP contribution in [-0.4, -0.2) is 36.1 Å². The van der Waals surface area contributed by atoms with E-state index in [0.29, 0.717) is 0 Å². The van der Waals surface area contributed by atoms with Crippen LogP contribution in [0.3, 0.4) is 0 Å². The second kappa shape index (κ2) is 12.9. The third kappa shape index (κ3) is 6.24. The van der Waals surface area contributed by atoms with Gasteiger partial charge in [-0.2, -0.15) is 12.6 Å². The molecule has 33 heavy (non-hydrogen) atoms. The van der Waals surface area contributed by atoms with Gasteiger partial charge in [0.1, 0.15) is 22.5 Å². The van der Waals surface area contributed by atoms with Crippen molar-refractivity contribution in [2.75, 3.05) is 12.3 Å². The number of halogens is 1. The second-order valence-electron chi connectivity index (χ2n) is 7.33. The van der Waals surface area contributed by atoms with E-state index in [1.165, 1.54) is 0 Å². The summed E-state index contributed by atoms with van der Waals surface area (Å²) in [6.45, 7) is 1.68. The molecule has 0 saturated heterocycles. The fraction of sp³-hybridized carbons (Fsp3) is 0.200.